The van der Waals surface area contributed by atoms with Crippen molar-refractivity contribution < 1.29 is 18.8 Å². The number of nitrogens with zero attached hydrogens (tertiary/aromatic N) is 2. The number of hydrogen-bond acceptors (Lipinski definition) is 4. The van der Waals surface area contributed by atoms with Gasteiger partial charge in [0.15, 0.2) is 0 Å². The minimum atomic E-state index is -1.48. The molecule has 0 saturated carbocycles. The fourth-order valence-electron chi connectivity index (χ4n) is 0.574. The molecule has 0 bridgehead atoms. The summed E-state index contributed by atoms with van der Waals surface area (Å²) in [6, 6.07) is 0. The standard InChI is InChI=1S/C8H16N2O4Si/c1-6(2)5-13-7(11)9-10-8(12)14-15(3)4/h6,15H,5H2,1-4H3. The van der Waals surface area contributed by atoms with Gasteiger partial charge >= 0.3 is 12.2 Å². The molecule has 0 aromatic carbocycles. The van der Waals surface area contributed by atoms with Crippen LogP contribution in [0.3, 0.4) is 0 Å². The Kier molecular flexibility index (Phi) is 6.51. The summed E-state index contributed by atoms with van der Waals surface area (Å²) in [5.41, 5.74) is 0. The molecular formula is C8H16N2O4Si. The maximum Gasteiger partial charge on any atom is 0.452 e. The van der Waals surface area contributed by atoms with E-state index in [0.717, 1.165) is 0 Å². The zero-order chi connectivity index (χ0) is 11.8. The number of azo groups is 1. The van der Waals surface area contributed by atoms with Gasteiger partial charge in [-0.25, -0.2) is 9.59 Å². The van der Waals surface area contributed by atoms with Crippen LogP contribution in [0.15, 0.2) is 10.2 Å². The predicted molar refractivity (Wildman–Crippen MR) is 56.4 cm³/mol. The zero-order valence-electron chi connectivity index (χ0n) is 9.39. The monoisotopic (exact) mass is 232 g/mol. The molecule has 2 amide bonds. The summed E-state index contributed by atoms with van der Waals surface area (Å²) >= 11 is 0. The molecule has 0 aliphatic carbocycles. The van der Waals surface area contributed by atoms with Gasteiger partial charge in [-0.15, -0.1) is 0 Å². The molecule has 0 saturated heterocycles. The van der Waals surface area contributed by atoms with E-state index in [9.17, 15) is 9.59 Å². The average molecular weight is 232 g/mol. The first-order valence-corrected chi connectivity index (χ1v) is 7.49. The van der Waals surface area contributed by atoms with E-state index < -0.39 is 21.2 Å². The fourth-order valence-corrected chi connectivity index (χ4v) is 1.02. The van der Waals surface area contributed by atoms with Gasteiger partial charge in [-0.3, -0.25) is 0 Å². The van der Waals surface area contributed by atoms with Gasteiger partial charge in [0.05, 0.1) is 6.61 Å². The molecule has 0 atom stereocenters. The minimum Gasteiger partial charge on any atom is -0.504 e. The Morgan fingerprint density at radius 3 is 2.20 bits per heavy atom. The van der Waals surface area contributed by atoms with E-state index in [1.54, 1.807) is 0 Å². The van der Waals surface area contributed by atoms with Crippen molar-refractivity contribution in [3.8, 4) is 0 Å². The third-order valence-corrected chi connectivity index (χ3v) is 1.76. The van der Waals surface area contributed by atoms with Crippen molar-refractivity contribution in [3.05, 3.63) is 0 Å². The van der Waals surface area contributed by atoms with Crippen LogP contribution in [-0.4, -0.2) is 27.8 Å². The first kappa shape index (κ1) is 13.8. The van der Waals surface area contributed by atoms with Crippen LogP contribution >= 0.6 is 0 Å². The van der Waals surface area contributed by atoms with E-state index in [1.165, 1.54) is 0 Å². The molecule has 15 heavy (non-hydrogen) atoms. The number of ether oxygens (including phenoxy) is 1. The van der Waals surface area contributed by atoms with E-state index in [0.29, 0.717) is 0 Å². The lowest BCUT2D eigenvalue weighted by atomic mass is 10.2. The highest BCUT2D eigenvalue weighted by atomic mass is 28.3. The molecule has 0 unspecified atom stereocenters. The molecule has 0 spiro atoms. The molecule has 6 nitrogen and oxygen atoms in total. The largest absolute Gasteiger partial charge is 0.504 e. The second-order valence-electron chi connectivity index (χ2n) is 3.60. The van der Waals surface area contributed by atoms with Crippen LogP contribution in [-0.2, 0) is 9.16 Å². The first-order valence-electron chi connectivity index (χ1n) is 4.71. The Hall–Kier alpha value is -1.24. The van der Waals surface area contributed by atoms with E-state index in [2.05, 4.69) is 15.0 Å². The number of carbonyl (C=O) groups excluding carboxylic acids is 2. The molecule has 0 aliphatic heterocycles. The second-order valence-corrected chi connectivity index (χ2v) is 5.94. The van der Waals surface area contributed by atoms with Crippen molar-refractivity contribution in [2.24, 2.45) is 16.1 Å². The highest BCUT2D eigenvalue weighted by Gasteiger charge is 2.06. The molecule has 0 aliphatic rings. The van der Waals surface area contributed by atoms with Crippen LogP contribution in [0.2, 0.25) is 13.1 Å². The number of carbonyl (C=O) groups is 2. The van der Waals surface area contributed by atoms with E-state index in [4.69, 9.17) is 4.43 Å². The summed E-state index contributed by atoms with van der Waals surface area (Å²) < 4.78 is 9.42. The topological polar surface area (TPSA) is 77.3 Å². The van der Waals surface area contributed by atoms with Crippen molar-refractivity contribution in [3.63, 3.8) is 0 Å². The number of rotatable bonds is 3. The number of hydrogen-bond donors (Lipinski definition) is 0. The summed E-state index contributed by atoms with van der Waals surface area (Å²) in [7, 11) is -1.48. The van der Waals surface area contributed by atoms with E-state index >= 15 is 0 Å². The van der Waals surface area contributed by atoms with E-state index in [1.807, 2.05) is 26.9 Å². The Morgan fingerprint density at radius 2 is 1.73 bits per heavy atom. The third-order valence-electron chi connectivity index (χ3n) is 1.09. The predicted octanol–water partition coefficient (Wildman–Crippen LogP) is 2.35. The summed E-state index contributed by atoms with van der Waals surface area (Å²) in [4.78, 5) is 21.7. The Balaban J connectivity index is 3.85. The van der Waals surface area contributed by atoms with Gasteiger partial charge in [-0.1, -0.05) is 24.1 Å². The van der Waals surface area contributed by atoms with Gasteiger partial charge in [0.1, 0.15) is 0 Å². The molecule has 0 fully saturated rings. The Bertz CT molecular complexity index is 253. The van der Waals surface area contributed by atoms with Gasteiger partial charge in [-0.2, -0.15) is 0 Å². The maximum atomic E-state index is 10.9. The van der Waals surface area contributed by atoms with Crippen LogP contribution in [0, 0.1) is 5.92 Å². The van der Waals surface area contributed by atoms with Gasteiger partial charge in [0.25, 0.3) is 0 Å². The quantitative estimate of drug-likeness (QED) is 0.552. The zero-order valence-corrected chi connectivity index (χ0v) is 10.5. The normalized spacial score (nSPS) is 11.1. The van der Waals surface area contributed by atoms with Crippen LogP contribution < -0.4 is 0 Å². The summed E-state index contributed by atoms with van der Waals surface area (Å²) in [5.74, 6) is 0.221. The Morgan fingerprint density at radius 1 is 1.20 bits per heavy atom. The SMILES string of the molecule is CC(C)COC(=O)N=NC(=O)O[SiH](C)C. The molecule has 86 valence electrons. The lowest BCUT2D eigenvalue weighted by Crippen LogP contribution is -2.12. The first-order chi connectivity index (χ1) is 6.91. The van der Waals surface area contributed by atoms with Crippen LogP contribution in [0.4, 0.5) is 9.59 Å². The third kappa shape index (κ3) is 9.07. The lowest BCUT2D eigenvalue weighted by Gasteiger charge is -2.03. The van der Waals surface area contributed by atoms with Crippen molar-refractivity contribution in [1.29, 1.82) is 0 Å². The highest BCUT2D eigenvalue weighted by molar-refractivity contribution is 6.50. The number of amides is 2. The fraction of sp³-hybridized carbons (Fsp3) is 0.750. The van der Waals surface area contributed by atoms with Crippen molar-refractivity contribution in [2.75, 3.05) is 6.61 Å². The van der Waals surface area contributed by atoms with Gasteiger partial charge < -0.3 is 9.16 Å². The molecule has 0 aromatic rings. The van der Waals surface area contributed by atoms with Crippen molar-refractivity contribution in [1.82, 2.24) is 0 Å². The molecule has 0 rings (SSSR count). The molecule has 0 heterocycles. The molecular weight excluding hydrogens is 216 g/mol. The molecule has 7 heteroatoms. The summed E-state index contributed by atoms with van der Waals surface area (Å²) in [6.07, 6.45) is -1.70. The van der Waals surface area contributed by atoms with Gasteiger partial charge in [0.2, 0.25) is 9.04 Å². The average Bonchev–Trinajstić information content (AvgIpc) is 2.10. The van der Waals surface area contributed by atoms with Crippen molar-refractivity contribution in [2.45, 2.75) is 26.9 Å². The van der Waals surface area contributed by atoms with Gasteiger partial charge in [0, 0.05) is 0 Å². The van der Waals surface area contributed by atoms with Crippen molar-refractivity contribution >= 4 is 21.2 Å². The smallest absolute Gasteiger partial charge is 0.452 e. The van der Waals surface area contributed by atoms with Gasteiger partial charge in [-0.05, 0) is 19.0 Å². The molecule has 0 aromatic heterocycles. The highest BCUT2D eigenvalue weighted by Crippen LogP contribution is 1.96. The van der Waals surface area contributed by atoms with Crippen LogP contribution in [0.25, 0.3) is 0 Å². The Labute approximate surface area is 90.4 Å². The van der Waals surface area contributed by atoms with Crippen LogP contribution in [0.5, 0.6) is 0 Å². The lowest BCUT2D eigenvalue weighted by molar-refractivity contribution is 0.141. The molecule has 0 N–H and O–H groups in total. The maximum absolute atomic E-state index is 10.9. The summed E-state index contributed by atoms with van der Waals surface area (Å²) in [5, 5.41) is 6.13. The molecule has 0 radical (unpaired) electrons. The minimum absolute atomic E-state index is 0.221. The summed E-state index contributed by atoms with van der Waals surface area (Å²) in [6.45, 7) is 7.66. The van der Waals surface area contributed by atoms with E-state index in [-0.39, 0.29) is 12.5 Å². The second kappa shape index (κ2) is 7.10. The van der Waals surface area contributed by atoms with Crippen LogP contribution in [0.1, 0.15) is 13.8 Å².